The van der Waals surface area contributed by atoms with Crippen LogP contribution in [0.3, 0.4) is 0 Å². The number of hydrogen-bond donors (Lipinski definition) is 0. The van der Waals surface area contributed by atoms with E-state index in [4.69, 9.17) is 0 Å². The zero-order valence-electron chi connectivity index (χ0n) is 9.34. The Kier molecular flexibility index (Phi) is 2.93. The van der Waals surface area contributed by atoms with Gasteiger partial charge in [0.2, 0.25) is 0 Å². The van der Waals surface area contributed by atoms with Crippen molar-refractivity contribution in [1.29, 1.82) is 0 Å². The van der Waals surface area contributed by atoms with Gasteiger partial charge in [-0.15, -0.1) is 11.3 Å². The van der Waals surface area contributed by atoms with Crippen LogP contribution in [0.15, 0.2) is 6.07 Å². The molecule has 1 aromatic heterocycles. The van der Waals surface area contributed by atoms with Gasteiger partial charge in [-0.25, -0.2) is 0 Å². The minimum Gasteiger partial charge on any atom is -0.298 e. The van der Waals surface area contributed by atoms with E-state index in [2.05, 4.69) is 31.7 Å². The Morgan fingerprint density at radius 2 is 2.29 bits per heavy atom. The second-order valence-electron chi connectivity index (χ2n) is 4.37. The van der Waals surface area contributed by atoms with Gasteiger partial charge in [-0.05, 0) is 30.5 Å². The van der Waals surface area contributed by atoms with Crippen molar-refractivity contribution in [2.75, 3.05) is 13.1 Å². The molecule has 2 heteroatoms. The first-order valence-corrected chi connectivity index (χ1v) is 6.36. The predicted octanol–water partition coefficient (Wildman–Crippen LogP) is 3.25. The summed E-state index contributed by atoms with van der Waals surface area (Å²) in [6.07, 6.45) is 1.26. The van der Waals surface area contributed by atoms with Gasteiger partial charge in [0.25, 0.3) is 0 Å². The van der Waals surface area contributed by atoms with Crippen molar-refractivity contribution in [1.82, 2.24) is 4.90 Å². The van der Waals surface area contributed by atoms with E-state index >= 15 is 0 Å². The van der Waals surface area contributed by atoms with Crippen LogP contribution in [0.2, 0.25) is 0 Å². The molecule has 1 aliphatic heterocycles. The molecule has 0 amide bonds. The number of likely N-dealkylation sites (N-methyl/N-ethyl adjacent to an activating group) is 1. The highest BCUT2D eigenvalue weighted by atomic mass is 32.1. The lowest BCUT2D eigenvalue weighted by molar-refractivity contribution is 0.271. The summed E-state index contributed by atoms with van der Waals surface area (Å²) in [4.78, 5) is 5.71. The van der Waals surface area contributed by atoms with E-state index in [0.29, 0.717) is 5.92 Å². The van der Waals surface area contributed by atoms with Gasteiger partial charge in [0, 0.05) is 22.8 Å². The molecule has 0 spiro atoms. The summed E-state index contributed by atoms with van der Waals surface area (Å²) < 4.78 is 0. The third kappa shape index (κ3) is 1.86. The molecule has 0 unspecified atom stereocenters. The molecule has 2 rings (SSSR count). The van der Waals surface area contributed by atoms with E-state index in [0.717, 1.165) is 0 Å². The fourth-order valence-corrected chi connectivity index (χ4v) is 3.21. The first kappa shape index (κ1) is 10.2. The monoisotopic (exact) mass is 209 g/mol. The van der Waals surface area contributed by atoms with E-state index in [1.807, 2.05) is 11.3 Å². The lowest BCUT2D eigenvalue weighted by atomic mass is 10.1. The first-order chi connectivity index (χ1) is 6.70. The molecule has 0 N–H and O–H groups in total. The normalized spacial score (nSPS) is 17.4. The molecule has 78 valence electrons. The molecule has 0 radical (unpaired) electrons. The van der Waals surface area contributed by atoms with Crippen LogP contribution in [-0.4, -0.2) is 18.0 Å². The third-order valence-electron chi connectivity index (χ3n) is 3.00. The summed E-state index contributed by atoms with van der Waals surface area (Å²) in [5.41, 5.74) is 1.61. The number of nitrogens with zero attached hydrogens (tertiary/aromatic N) is 1. The molecular weight excluding hydrogens is 190 g/mol. The summed E-state index contributed by atoms with van der Waals surface area (Å²) in [6, 6.07) is 2.43. The maximum atomic E-state index is 2.53. The highest BCUT2D eigenvalue weighted by molar-refractivity contribution is 7.12. The molecule has 0 atom stereocenters. The van der Waals surface area contributed by atoms with Gasteiger partial charge in [-0.2, -0.15) is 0 Å². The van der Waals surface area contributed by atoms with Crippen molar-refractivity contribution < 1.29 is 0 Å². The SMILES string of the molecule is CCN1CCc2cc(C(C)C)sc2C1. The molecule has 2 heterocycles. The van der Waals surface area contributed by atoms with Crippen LogP contribution in [0.5, 0.6) is 0 Å². The van der Waals surface area contributed by atoms with Crippen molar-refractivity contribution in [2.45, 2.75) is 39.7 Å². The van der Waals surface area contributed by atoms with Crippen LogP contribution in [0.4, 0.5) is 0 Å². The molecule has 0 aromatic carbocycles. The van der Waals surface area contributed by atoms with E-state index < -0.39 is 0 Å². The Balaban J connectivity index is 2.21. The molecule has 1 aromatic rings. The van der Waals surface area contributed by atoms with E-state index in [-0.39, 0.29) is 0 Å². The molecule has 1 nitrogen and oxygen atoms in total. The standard InChI is InChI=1S/C12H19NS/c1-4-13-6-5-10-7-11(9(2)3)14-12(10)8-13/h7,9H,4-6,8H2,1-3H3. The predicted molar refractivity (Wildman–Crippen MR) is 63.1 cm³/mol. The lowest BCUT2D eigenvalue weighted by Crippen LogP contribution is -2.28. The largest absolute Gasteiger partial charge is 0.298 e. The quantitative estimate of drug-likeness (QED) is 0.722. The van der Waals surface area contributed by atoms with Gasteiger partial charge in [0.1, 0.15) is 0 Å². The van der Waals surface area contributed by atoms with Crippen LogP contribution in [0, 0.1) is 0 Å². The van der Waals surface area contributed by atoms with Gasteiger partial charge in [0.15, 0.2) is 0 Å². The van der Waals surface area contributed by atoms with Crippen LogP contribution in [0.25, 0.3) is 0 Å². The number of thiophene rings is 1. The Labute approximate surface area is 90.7 Å². The minimum absolute atomic E-state index is 0.695. The topological polar surface area (TPSA) is 3.24 Å². The van der Waals surface area contributed by atoms with Crippen LogP contribution in [-0.2, 0) is 13.0 Å². The van der Waals surface area contributed by atoms with Crippen molar-refractivity contribution in [3.8, 4) is 0 Å². The van der Waals surface area contributed by atoms with Gasteiger partial charge >= 0.3 is 0 Å². The van der Waals surface area contributed by atoms with Crippen LogP contribution >= 0.6 is 11.3 Å². The van der Waals surface area contributed by atoms with Crippen LogP contribution in [0.1, 0.15) is 42.0 Å². The Bertz CT molecular complexity index is 314. The maximum absolute atomic E-state index is 2.53. The smallest absolute Gasteiger partial charge is 0.0330 e. The molecule has 0 saturated heterocycles. The van der Waals surface area contributed by atoms with E-state index in [1.165, 1.54) is 26.1 Å². The third-order valence-corrected chi connectivity index (χ3v) is 4.46. The number of fused-ring (bicyclic) bond motifs is 1. The lowest BCUT2D eigenvalue weighted by Gasteiger charge is -2.24. The molecule has 0 bridgehead atoms. The summed E-state index contributed by atoms with van der Waals surface area (Å²) >= 11 is 2.02. The number of hydrogen-bond acceptors (Lipinski definition) is 2. The average Bonchev–Trinajstić information content (AvgIpc) is 2.59. The first-order valence-electron chi connectivity index (χ1n) is 5.54. The summed E-state index contributed by atoms with van der Waals surface area (Å²) in [6.45, 7) is 10.4. The van der Waals surface area contributed by atoms with E-state index in [1.54, 1.807) is 15.3 Å². The van der Waals surface area contributed by atoms with Crippen LogP contribution < -0.4 is 0 Å². The van der Waals surface area contributed by atoms with Gasteiger partial charge in [-0.1, -0.05) is 20.8 Å². The fraction of sp³-hybridized carbons (Fsp3) is 0.667. The average molecular weight is 209 g/mol. The van der Waals surface area contributed by atoms with Crippen molar-refractivity contribution in [2.24, 2.45) is 0 Å². The van der Waals surface area contributed by atoms with Gasteiger partial charge in [-0.3, -0.25) is 4.90 Å². The summed E-state index contributed by atoms with van der Waals surface area (Å²) in [5, 5.41) is 0. The zero-order chi connectivity index (χ0) is 10.1. The Morgan fingerprint density at radius 3 is 2.93 bits per heavy atom. The Morgan fingerprint density at radius 1 is 1.50 bits per heavy atom. The molecule has 1 aliphatic rings. The number of rotatable bonds is 2. The van der Waals surface area contributed by atoms with Gasteiger partial charge in [0.05, 0.1) is 0 Å². The minimum atomic E-state index is 0.695. The molecular formula is C12H19NS. The second kappa shape index (κ2) is 4.03. The maximum Gasteiger partial charge on any atom is 0.0330 e. The summed E-state index contributed by atoms with van der Waals surface area (Å²) in [5.74, 6) is 0.695. The van der Waals surface area contributed by atoms with Crippen molar-refractivity contribution in [3.63, 3.8) is 0 Å². The van der Waals surface area contributed by atoms with E-state index in [9.17, 15) is 0 Å². The van der Waals surface area contributed by atoms with Crippen molar-refractivity contribution in [3.05, 3.63) is 21.4 Å². The summed E-state index contributed by atoms with van der Waals surface area (Å²) in [7, 11) is 0. The molecule has 0 aliphatic carbocycles. The highest BCUT2D eigenvalue weighted by Crippen LogP contribution is 2.32. The zero-order valence-corrected chi connectivity index (χ0v) is 10.2. The van der Waals surface area contributed by atoms with Crippen molar-refractivity contribution >= 4 is 11.3 Å². The van der Waals surface area contributed by atoms with Gasteiger partial charge < -0.3 is 0 Å². The Hall–Kier alpha value is -0.340. The fourth-order valence-electron chi connectivity index (χ4n) is 1.95. The highest BCUT2D eigenvalue weighted by Gasteiger charge is 2.18. The second-order valence-corrected chi connectivity index (χ2v) is 5.54. The molecule has 0 saturated carbocycles. The molecule has 0 fully saturated rings. The molecule has 14 heavy (non-hydrogen) atoms.